The Bertz CT molecular complexity index is 862. The van der Waals surface area contributed by atoms with Gasteiger partial charge in [-0.25, -0.2) is 12.8 Å². The summed E-state index contributed by atoms with van der Waals surface area (Å²) >= 11 is 0. The quantitative estimate of drug-likeness (QED) is 0.745. The van der Waals surface area contributed by atoms with Crippen molar-refractivity contribution in [1.29, 1.82) is 0 Å². The summed E-state index contributed by atoms with van der Waals surface area (Å²) in [5, 5.41) is 6.16. The normalized spacial score (nSPS) is 17.5. The molecule has 1 atom stereocenters. The largest absolute Gasteiger partial charge is 0.348 e. The van der Waals surface area contributed by atoms with Crippen LogP contribution in [0.5, 0.6) is 0 Å². The summed E-state index contributed by atoms with van der Waals surface area (Å²) in [6.07, 6.45) is 1.93. The lowest BCUT2D eigenvalue weighted by atomic mass is 10.1. The van der Waals surface area contributed by atoms with Gasteiger partial charge in [0.05, 0.1) is 4.90 Å². The fraction of sp³-hybridized carbons (Fsp3) is 0.278. The number of carbonyl (C=O) groups is 1. The Morgan fingerprint density at radius 1 is 1.08 bits per heavy atom. The predicted molar refractivity (Wildman–Crippen MR) is 97.0 cm³/mol. The van der Waals surface area contributed by atoms with Gasteiger partial charge in [-0.15, -0.1) is 0 Å². The monoisotopic (exact) mass is 377 g/mol. The van der Waals surface area contributed by atoms with E-state index in [2.05, 4.69) is 15.4 Å². The lowest BCUT2D eigenvalue weighted by molar-refractivity contribution is 0.0930. The Labute approximate surface area is 151 Å². The van der Waals surface area contributed by atoms with E-state index in [4.69, 9.17) is 0 Å². The van der Waals surface area contributed by atoms with E-state index in [1.54, 1.807) is 0 Å². The Hall–Kier alpha value is -2.45. The molecule has 0 aliphatic carbocycles. The first-order chi connectivity index (χ1) is 12.4. The lowest BCUT2D eigenvalue weighted by Gasteiger charge is -2.23. The Kier molecular flexibility index (Phi) is 5.53. The first-order valence-corrected chi connectivity index (χ1v) is 9.82. The molecule has 138 valence electrons. The molecule has 0 saturated carbocycles. The molecule has 0 radical (unpaired) electrons. The molecule has 1 aliphatic heterocycles. The number of sulfonamides is 1. The van der Waals surface area contributed by atoms with Gasteiger partial charge in [0.1, 0.15) is 5.82 Å². The van der Waals surface area contributed by atoms with Crippen LogP contribution < -0.4 is 15.4 Å². The van der Waals surface area contributed by atoms with E-state index >= 15 is 0 Å². The number of halogens is 1. The van der Waals surface area contributed by atoms with Gasteiger partial charge in [-0.05, 0) is 67.9 Å². The second-order valence-corrected chi connectivity index (χ2v) is 7.84. The molecule has 3 N–H and O–H groups in total. The second kappa shape index (κ2) is 7.84. The van der Waals surface area contributed by atoms with Crippen molar-refractivity contribution >= 4 is 21.6 Å². The highest BCUT2D eigenvalue weighted by Gasteiger charge is 2.18. The molecule has 3 rings (SSSR count). The van der Waals surface area contributed by atoms with Crippen molar-refractivity contribution < 1.29 is 17.6 Å². The van der Waals surface area contributed by atoms with Crippen molar-refractivity contribution in [2.24, 2.45) is 0 Å². The second-order valence-electron chi connectivity index (χ2n) is 6.15. The molecule has 1 heterocycles. The van der Waals surface area contributed by atoms with Gasteiger partial charge < -0.3 is 10.6 Å². The first kappa shape index (κ1) is 18.3. The van der Waals surface area contributed by atoms with E-state index in [0.717, 1.165) is 25.9 Å². The average molecular weight is 377 g/mol. The number of rotatable bonds is 5. The zero-order valence-electron chi connectivity index (χ0n) is 14.0. The fourth-order valence-electron chi connectivity index (χ4n) is 2.76. The van der Waals surface area contributed by atoms with Crippen molar-refractivity contribution in [3.63, 3.8) is 0 Å². The van der Waals surface area contributed by atoms with E-state index in [-0.39, 0.29) is 22.5 Å². The molecule has 1 aliphatic rings. The van der Waals surface area contributed by atoms with Crippen LogP contribution in [0.3, 0.4) is 0 Å². The SMILES string of the molecule is O=C(NC1CCCNC1)c1ccc(S(=O)(=O)Nc2ccc(F)cc2)cc1. The molecular weight excluding hydrogens is 357 g/mol. The number of hydrogen-bond donors (Lipinski definition) is 3. The first-order valence-electron chi connectivity index (χ1n) is 8.34. The molecule has 0 aromatic heterocycles. The van der Waals surface area contributed by atoms with E-state index < -0.39 is 15.8 Å². The Balaban J connectivity index is 1.67. The van der Waals surface area contributed by atoms with E-state index in [1.807, 2.05) is 0 Å². The van der Waals surface area contributed by atoms with Crippen LogP contribution in [0.25, 0.3) is 0 Å². The number of nitrogens with one attached hydrogen (secondary N) is 3. The topological polar surface area (TPSA) is 87.3 Å². The zero-order chi connectivity index (χ0) is 18.6. The van der Waals surface area contributed by atoms with Crippen molar-refractivity contribution in [3.8, 4) is 0 Å². The molecule has 26 heavy (non-hydrogen) atoms. The predicted octanol–water partition coefficient (Wildman–Crippen LogP) is 2.11. The highest BCUT2D eigenvalue weighted by Crippen LogP contribution is 2.17. The number of piperidine rings is 1. The summed E-state index contributed by atoms with van der Waals surface area (Å²) in [6, 6.07) is 10.8. The van der Waals surface area contributed by atoms with Crippen LogP contribution in [0, 0.1) is 5.82 Å². The molecule has 2 aromatic rings. The fourth-order valence-corrected chi connectivity index (χ4v) is 3.82. The molecule has 0 bridgehead atoms. The van der Waals surface area contributed by atoms with E-state index in [0.29, 0.717) is 5.56 Å². The summed E-state index contributed by atoms with van der Waals surface area (Å²) in [7, 11) is -3.81. The third-order valence-corrected chi connectivity index (χ3v) is 5.55. The van der Waals surface area contributed by atoms with E-state index in [1.165, 1.54) is 48.5 Å². The summed E-state index contributed by atoms with van der Waals surface area (Å²) < 4.78 is 40.0. The third kappa shape index (κ3) is 4.59. The lowest BCUT2D eigenvalue weighted by Crippen LogP contribution is -2.45. The number of hydrogen-bond acceptors (Lipinski definition) is 4. The number of benzene rings is 2. The molecule has 1 saturated heterocycles. The van der Waals surface area contributed by atoms with Gasteiger partial charge in [0.25, 0.3) is 15.9 Å². The summed E-state index contributed by atoms with van der Waals surface area (Å²) in [5.74, 6) is -0.675. The van der Waals surface area contributed by atoms with Crippen LogP contribution >= 0.6 is 0 Å². The number of anilines is 1. The number of carbonyl (C=O) groups excluding carboxylic acids is 1. The molecule has 0 spiro atoms. The standard InChI is InChI=1S/C18H20FN3O3S/c19-14-5-7-15(8-6-14)22-26(24,25)17-9-3-13(4-10-17)18(23)21-16-2-1-11-20-12-16/h3-10,16,20,22H,1-2,11-12H2,(H,21,23). The van der Waals surface area contributed by atoms with Crippen molar-refractivity contribution in [3.05, 3.63) is 59.9 Å². The van der Waals surface area contributed by atoms with Crippen LogP contribution in [0.2, 0.25) is 0 Å². The van der Waals surface area contributed by atoms with Crippen LogP contribution in [-0.2, 0) is 10.0 Å². The average Bonchev–Trinajstić information content (AvgIpc) is 2.64. The van der Waals surface area contributed by atoms with Gasteiger partial charge >= 0.3 is 0 Å². The highest BCUT2D eigenvalue weighted by atomic mass is 32.2. The van der Waals surface area contributed by atoms with Gasteiger partial charge in [-0.2, -0.15) is 0 Å². The summed E-state index contributed by atoms with van der Waals surface area (Å²) in [6.45, 7) is 1.69. The van der Waals surface area contributed by atoms with Crippen molar-refractivity contribution in [1.82, 2.24) is 10.6 Å². The number of amides is 1. The van der Waals surface area contributed by atoms with Crippen molar-refractivity contribution in [2.75, 3.05) is 17.8 Å². The minimum Gasteiger partial charge on any atom is -0.348 e. The van der Waals surface area contributed by atoms with Crippen LogP contribution in [-0.4, -0.2) is 33.5 Å². The van der Waals surface area contributed by atoms with Gasteiger partial charge in [0.2, 0.25) is 0 Å². The summed E-state index contributed by atoms with van der Waals surface area (Å²) in [4.78, 5) is 12.3. The van der Waals surface area contributed by atoms with Crippen LogP contribution in [0.1, 0.15) is 23.2 Å². The third-order valence-electron chi connectivity index (χ3n) is 4.16. The molecule has 2 aromatic carbocycles. The van der Waals surface area contributed by atoms with Crippen LogP contribution in [0.4, 0.5) is 10.1 Å². The minimum absolute atomic E-state index is 0.0257. The molecule has 8 heteroatoms. The van der Waals surface area contributed by atoms with Crippen LogP contribution in [0.15, 0.2) is 53.4 Å². The molecule has 1 unspecified atom stereocenters. The van der Waals surface area contributed by atoms with Gasteiger partial charge in [-0.1, -0.05) is 0 Å². The Morgan fingerprint density at radius 3 is 2.38 bits per heavy atom. The zero-order valence-corrected chi connectivity index (χ0v) is 14.9. The van der Waals surface area contributed by atoms with Gasteiger partial charge in [0, 0.05) is 23.8 Å². The highest BCUT2D eigenvalue weighted by molar-refractivity contribution is 7.92. The van der Waals surface area contributed by atoms with Gasteiger partial charge in [0.15, 0.2) is 0 Å². The molecular formula is C18H20FN3O3S. The maximum absolute atomic E-state index is 12.9. The molecule has 6 nitrogen and oxygen atoms in total. The van der Waals surface area contributed by atoms with E-state index in [9.17, 15) is 17.6 Å². The van der Waals surface area contributed by atoms with Gasteiger partial charge in [-0.3, -0.25) is 9.52 Å². The Morgan fingerprint density at radius 2 is 1.77 bits per heavy atom. The smallest absolute Gasteiger partial charge is 0.261 e. The maximum atomic E-state index is 12.9. The maximum Gasteiger partial charge on any atom is 0.261 e. The van der Waals surface area contributed by atoms with Crippen molar-refractivity contribution in [2.45, 2.75) is 23.8 Å². The summed E-state index contributed by atoms with van der Waals surface area (Å²) in [5.41, 5.74) is 0.661. The molecule has 1 fully saturated rings. The molecule has 1 amide bonds. The minimum atomic E-state index is -3.81.